The first-order chi connectivity index (χ1) is 8.76. The highest BCUT2D eigenvalue weighted by Gasteiger charge is 2.19. The molecule has 1 aliphatic heterocycles. The summed E-state index contributed by atoms with van der Waals surface area (Å²) in [4.78, 5) is 13.4. The molecule has 0 N–H and O–H groups in total. The van der Waals surface area contributed by atoms with E-state index in [9.17, 15) is 0 Å². The predicted octanol–water partition coefficient (Wildman–Crippen LogP) is 1.60. The second-order valence-electron chi connectivity index (χ2n) is 4.55. The molecule has 2 rings (SSSR count). The number of nitrogens with zero attached hydrogens (tertiary/aromatic N) is 4. The Balaban J connectivity index is 2.31. The molecule has 4 nitrogen and oxygen atoms in total. The molecule has 4 heteroatoms. The van der Waals surface area contributed by atoms with E-state index in [0.29, 0.717) is 0 Å². The maximum absolute atomic E-state index is 4.46. The number of hydrogen-bond acceptors (Lipinski definition) is 4. The van der Waals surface area contributed by atoms with Gasteiger partial charge in [0.2, 0.25) is 0 Å². The molecule has 2 heterocycles. The smallest absolute Gasteiger partial charge is 0.136 e. The van der Waals surface area contributed by atoms with Crippen LogP contribution in [0.1, 0.15) is 11.3 Å². The number of aromatic nitrogens is 2. The molecular formula is C14H20N4. The van der Waals surface area contributed by atoms with Crippen LogP contribution in [0, 0.1) is 0 Å². The molecule has 0 saturated carbocycles. The van der Waals surface area contributed by atoms with Crippen LogP contribution in [-0.4, -0.2) is 48.1 Å². The van der Waals surface area contributed by atoms with Crippen LogP contribution in [0.5, 0.6) is 0 Å². The van der Waals surface area contributed by atoms with Gasteiger partial charge in [-0.05, 0) is 19.5 Å². The molecule has 0 aromatic carbocycles. The highest BCUT2D eigenvalue weighted by molar-refractivity contribution is 5.58. The average molecular weight is 244 g/mol. The summed E-state index contributed by atoms with van der Waals surface area (Å²) in [5.41, 5.74) is 2.05. The third-order valence-electron chi connectivity index (χ3n) is 3.30. The van der Waals surface area contributed by atoms with E-state index < -0.39 is 0 Å². The van der Waals surface area contributed by atoms with Gasteiger partial charge in [-0.25, -0.2) is 9.97 Å². The Bertz CT molecular complexity index is 433. The van der Waals surface area contributed by atoms with Crippen molar-refractivity contribution in [2.24, 2.45) is 0 Å². The summed E-state index contributed by atoms with van der Waals surface area (Å²) in [5, 5.41) is 0. The van der Waals surface area contributed by atoms with Crippen LogP contribution >= 0.6 is 0 Å². The molecule has 0 atom stereocenters. The molecule has 0 aliphatic carbocycles. The lowest BCUT2D eigenvalue weighted by atomic mass is 10.1. The van der Waals surface area contributed by atoms with Gasteiger partial charge < -0.3 is 9.80 Å². The Morgan fingerprint density at radius 1 is 1.22 bits per heavy atom. The predicted molar refractivity (Wildman–Crippen MR) is 75.7 cm³/mol. The zero-order valence-corrected chi connectivity index (χ0v) is 11.0. The topological polar surface area (TPSA) is 32.3 Å². The van der Waals surface area contributed by atoms with Gasteiger partial charge in [-0.1, -0.05) is 12.7 Å². The largest absolute Gasteiger partial charge is 0.354 e. The van der Waals surface area contributed by atoms with Gasteiger partial charge in [-0.15, -0.1) is 6.58 Å². The van der Waals surface area contributed by atoms with E-state index in [0.717, 1.165) is 49.7 Å². The lowest BCUT2D eigenvalue weighted by molar-refractivity contribution is 0.312. The van der Waals surface area contributed by atoms with E-state index in [1.165, 1.54) is 0 Å². The second-order valence-corrected chi connectivity index (χ2v) is 4.55. The Morgan fingerprint density at radius 3 is 2.56 bits per heavy atom. The Morgan fingerprint density at radius 2 is 1.94 bits per heavy atom. The van der Waals surface area contributed by atoms with Gasteiger partial charge in [-0.3, -0.25) is 0 Å². The minimum Gasteiger partial charge on any atom is -0.354 e. The summed E-state index contributed by atoms with van der Waals surface area (Å²) in [6.07, 6.45) is 6.09. The van der Waals surface area contributed by atoms with Crippen molar-refractivity contribution in [3.63, 3.8) is 0 Å². The lowest BCUT2D eigenvalue weighted by Gasteiger charge is -2.34. The molecule has 1 aromatic heterocycles. The maximum Gasteiger partial charge on any atom is 0.136 e. The van der Waals surface area contributed by atoms with Crippen molar-refractivity contribution < 1.29 is 0 Å². The maximum atomic E-state index is 4.46. The van der Waals surface area contributed by atoms with Gasteiger partial charge >= 0.3 is 0 Å². The van der Waals surface area contributed by atoms with Crippen LogP contribution in [-0.2, 0) is 6.42 Å². The van der Waals surface area contributed by atoms with E-state index in [2.05, 4.69) is 40.0 Å². The van der Waals surface area contributed by atoms with Gasteiger partial charge in [0, 0.05) is 31.7 Å². The zero-order chi connectivity index (χ0) is 13.0. The summed E-state index contributed by atoms with van der Waals surface area (Å²) in [6, 6.07) is 0. The Labute approximate surface area is 109 Å². The highest BCUT2D eigenvalue weighted by Crippen LogP contribution is 2.22. The highest BCUT2D eigenvalue weighted by atomic mass is 15.3. The van der Waals surface area contributed by atoms with Crippen LogP contribution < -0.4 is 4.90 Å². The minimum atomic E-state index is 0.782. The first-order valence-electron chi connectivity index (χ1n) is 6.27. The normalized spacial score (nSPS) is 16.6. The van der Waals surface area contributed by atoms with Crippen LogP contribution in [0.3, 0.4) is 0 Å². The van der Waals surface area contributed by atoms with Gasteiger partial charge in [-0.2, -0.15) is 0 Å². The number of allylic oxidation sites excluding steroid dienone is 1. The SMILES string of the molecule is C=CCc1c(C=C)ncnc1N1CCN(C)CC1. The number of anilines is 1. The average Bonchev–Trinajstić information content (AvgIpc) is 2.40. The summed E-state index contributed by atoms with van der Waals surface area (Å²) in [6.45, 7) is 11.8. The molecule has 0 amide bonds. The quantitative estimate of drug-likeness (QED) is 0.753. The van der Waals surface area contributed by atoms with Crippen molar-refractivity contribution in [3.05, 3.63) is 36.8 Å². The van der Waals surface area contributed by atoms with Crippen LogP contribution in [0.2, 0.25) is 0 Å². The molecule has 1 fully saturated rings. The molecule has 0 radical (unpaired) electrons. The van der Waals surface area contributed by atoms with Crippen molar-refractivity contribution in [2.45, 2.75) is 6.42 Å². The molecule has 1 aliphatic rings. The lowest BCUT2D eigenvalue weighted by Crippen LogP contribution is -2.45. The van der Waals surface area contributed by atoms with Crippen LogP contribution in [0.15, 0.2) is 25.6 Å². The number of likely N-dealkylation sites (N-methyl/N-ethyl adjacent to an activating group) is 1. The fraction of sp³-hybridized carbons (Fsp3) is 0.429. The number of rotatable bonds is 4. The molecule has 0 bridgehead atoms. The van der Waals surface area contributed by atoms with E-state index >= 15 is 0 Å². The Hall–Kier alpha value is -1.68. The first kappa shape index (κ1) is 12.8. The fourth-order valence-electron chi connectivity index (χ4n) is 2.22. The zero-order valence-electron chi connectivity index (χ0n) is 11.0. The summed E-state index contributed by atoms with van der Waals surface area (Å²) in [5.74, 6) is 1.04. The molecule has 1 saturated heterocycles. The molecule has 96 valence electrons. The van der Waals surface area contributed by atoms with Gasteiger partial charge in [0.1, 0.15) is 12.1 Å². The van der Waals surface area contributed by atoms with Crippen LogP contribution in [0.4, 0.5) is 5.82 Å². The Kier molecular flexibility index (Phi) is 4.10. The third kappa shape index (κ3) is 2.59. The van der Waals surface area contributed by atoms with Crippen molar-refractivity contribution in [1.82, 2.24) is 14.9 Å². The second kappa shape index (κ2) is 5.78. The fourth-order valence-corrected chi connectivity index (χ4v) is 2.22. The van der Waals surface area contributed by atoms with E-state index in [4.69, 9.17) is 0 Å². The summed E-state index contributed by atoms with van der Waals surface area (Å²) >= 11 is 0. The number of hydrogen-bond donors (Lipinski definition) is 0. The molecular weight excluding hydrogens is 224 g/mol. The van der Waals surface area contributed by atoms with E-state index in [1.54, 1.807) is 12.4 Å². The van der Waals surface area contributed by atoms with Crippen LogP contribution in [0.25, 0.3) is 6.08 Å². The molecule has 18 heavy (non-hydrogen) atoms. The van der Waals surface area contributed by atoms with E-state index in [1.807, 2.05) is 6.08 Å². The molecule has 0 spiro atoms. The molecule has 0 unspecified atom stereocenters. The van der Waals surface area contributed by atoms with Crippen molar-refractivity contribution in [2.75, 3.05) is 38.1 Å². The van der Waals surface area contributed by atoms with Crippen molar-refractivity contribution in [1.29, 1.82) is 0 Å². The summed E-state index contributed by atoms with van der Waals surface area (Å²) < 4.78 is 0. The summed E-state index contributed by atoms with van der Waals surface area (Å²) in [7, 11) is 2.15. The number of piperazine rings is 1. The standard InChI is InChI=1S/C14H20N4/c1-4-6-12-13(5-2)15-11-16-14(12)18-9-7-17(3)8-10-18/h4-5,11H,1-2,6-10H2,3H3. The minimum absolute atomic E-state index is 0.782. The third-order valence-corrected chi connectivity index (χ3v) is 3.30. The van der Waals surface area contributed by atoms with Gasteiger partial charge in [0.05, 0.1) is 5.69 Å². The van der Waals surface area contributed by atoms with Gasteiger partial charge in [0.15, 0.2) is 0 Å². The monoisotopic (exact) mass is 244 g/mol. The van der Waals surface area contributed by atoms with Gasteiger partial charge in [0.25, 0.3) is 0 Å². The van der Waals surface area contributed by atoms with E-state index in [-0.39, 0.29) is 0 Å². The van der Waals surface area contributed by atoms with Crippen molar-refractivity contribution in [3.8, 4) is 0 Å². The first-order valence-corrected chi connectivity index (χ1v) is 6.27. The van der Waals surface area contributed by atoms with Crippen molar-refractivity contribution >= 4 is 11.9 Å². The molecule has 1 aromatic rings.